The van der Waals surface area contributed by atoms with Crippen LogP contribution in [0.25, 0.3) is 0 Å². The quantitative estimate of drug-likeness (QED) is 0.598. The van der Waals surface area contributed by atoms with E-state index in [1.165, 1.54) is 0 Å². The standard InChI is InChI=1S/C21H22O6/c1-2-3-10-25-21(24)12-8-9-15-16(11-12)27-20-18(23)14-7-5-4-6-13(14)17(22)19(20)26-15/h4-7,12,15-16H,2-3,8-11H2,1H3. The third-order valence-electron chi connectivity index (χ3n) is 5.38. The second-order valence-corrected chi connectivity index (χ2v) is 7.21. The highest BCUT2D eigenvalue weighted by Crippen LogP contribution is 2.39. The van der Waals surface area contributed by atoms with Gasteiger partial charge in [0.2, 0.25) is 23.1 Å². The lowest BCUT2D eigenvalue weighted by atomic mass is 9.83. The molecule has 3 aliphatic rings. The van der Waals surface area contributed by atoms with Crippen LogP contribution < -0.4 is 0 Å². The third-order valence-corrected chi connectivity index (χ3v) is 5.38. The molecule has 1 saturated carbocycles. The predicted molar refractivity (Wildman–Crippen MR) is 95.1 cm³/mol. The molecule has 142 valence electrons. The van der Waals surface area contributed by atoms with Gasteiger partial charge >= 0.3 is 5.97 Å². The van der Waals surface area contributed by atoms with Crippen LogP contribution in [-0.4, -0.2) is 36.4 Å². The van der Waals surface area contributed by atoms with Crippen LogP contribution in [0.2, 0.25) is 0 Å². The molecule has 4 rings (SSSR count). The number of hydrogen-bond donors (Lipinski definition) is 0. The number of hydrogen-bond acceptors (Lipinski definition) is 6. The van der Waals surface area contributed by atoms with Gasteiger partial charge in [-0.15, -0.1) is 0 Å². The zero-order valence-electron chi connectivity index (χ0n) is 15.2. The fourth-order valence-corrected chi connectivity index (χ4v) is 3.86. The normalized spacial score (nSPS) is 26.3. The van der Waals surface area contributed by atoms with Gasteiger partial charge in [0.15, 0.2) is 0 Å². The summed E-state index contributed by atoms with van der Waals surface area (Å²) in [5.41, 5.74) is 0.672. The van der Waals surface area contributed by atoms with Crippen molar-refractivity contribution in [3.8, 4) is 0 Å². The number of carbonyl (C=O) groups is 3. The van der Waals surface area contributed by atoms with Crippen molar-refractivity contribution in [1.29, 1.82) is 0 Å². The number of esters is 1. The first-order valence-electron chi connectivity index (χ1n) is 9.52. The number of unbranched alkanes of at least 4 members (excludes halogenated alkanes) is 1. The Hall–Kier alpha value is -2.63. The minimum absolute atomic E-state index is 0.00363. The molecular formula is C21H22O6. The first kappa shape index (κ1) is 17.8. The minimum atomic E-state index is -0.428. The molecule has 3 atom stereocenters. The van der Waals surface area contributed by atoms with Crippen molar-refractivity contribution in [3.63, 3.8) is 0 Å². The second-order valence-electron chi connectivity index (χ2n) is 7.21. The average molecular weight is 370 g/mol. The van der Waals surface area contributed by atoms with Gasteiger partial charge in [-0.05, 0) is 19.3 Å². The molecule has 0 saturated heterocycles. The zero-order valence-corrected chi connectivity index (χ0v) is 15.2. The maximum absolute atomic E-state index is 12.8. The van der Waals surface area contributed by atoms with Gasteiger partial charge in [-0.2, -0.15) is 0 Å². The molecule has 1 aliphatic heterocycles. The molecule has 1 fully saturated rings. The maximum atomic E-state index is 12.8. The van der Waals surface area contributed by atoms with Crippen LogP contribution >= 0.6 is 0 Å². The Bertz CT molecular complexity index is 824. The van der Waals surface area contributed by atoms with E-state index in [9.17, 15) is 14.4 Å². The first-order chi connectivity index (χ1) is 13.1. The van der Waals surface area contributed by atoms with Crippen molar-refractivity contribution in [2.75, 3.05) is 6.61 Å². The molecule has 1 aromatic rings. The molecule has 0 aromatic heterocycles. The Labute approximate surface area is 157 Å². The minimum Gasteiger partial charge on any atom is -0.479 e. The molecule has 0 radical (unpaired) electrons. The van der Waals surface area contributed by atoms with E-state index in [4.69, 9.17) is 14.2 Å². The molecule has 6 nitrogen and oxygen atoms in total. The van der Waals surface area contributed by atoms with Gasteiger partial charge in [0.25, 0.3) is 0 Å². The lowest BCUT2D eigenvalue weighted by Gasteiger charge is -2.40. The zero-order chi connectivity index (χ0) is 19.0. The number of Topliss-reactive ketones (excluding diaryl/α,β-unsaturated/α-hetero) is 2. The van der Waals surface area contributed by atoms with Crippen molar-refractivity contribution >= 4 is 17.5 Å². The van der Waals surface area contributed by atoms with Crippen molar-refractivity contribution in [3.05, 3.63) is 46.9 Å². The number of carbonyl (C=O) groups excluding carboxylic acids is 3. The topological polar surface area (TPSA) is 78.9 Å². The van der Waals surface area contributed by atoms with Gasteiger partial charge in [-0.25, -0.2) is 0 Å². The molecule has 3 unspecified atom stereocenters. The van der Waals surface area contributed by atoms with E-state index in [-0.39, 0.29) is 41.1 Å². The number of ether oxygens (including phenoxy) is 3. The first-order valence-corrected chi connectivity index (χ1v) is 9.52. The molecule has 27 heavy (non-hydrogen) atoms. The van der Waals surface area contributed by atoms with Gasteiger partial charge in [0.05, 0.1) is 12.5 Å². The van der Waals surface area contributed by atoms with E-state index in [0.29, 0.717) is 37.0 Å². The van der Waals surface area contributed by atoms with Crippen molar-refractivity contribution < 1.29 is 28.6 Å². The Kier molecular flexibility index (Phi) is 4.72. The van der Waals surface area contributed by atoms with Crippen LogP contribution in [0.4, 0.5) is 0 Å². The van der Waals surface area contributed by atoms with Gasteiger partial charge < -0.3 is 14.2 Å². The summed E-state index contributed by atoms with van der Waals surface area (Å²) < 4.78 is 17.1. The molecule has 1 aromatic carbocycles. The number of rotatable bonds is 4. The van der Waals surface area contributed by atoms with Crippen LogP contribution in [0.5, 0.6) is 0 Å². The van der Waals surface area contributed by atoms with Crippen molar-refractivity contribution in [1.82, 2.24) is 0 Å². The van der Waals surface area contributed by atoms with Gasteiger partial charge in [-0.3, -0.25) is 14.4 Å². The number of ketones is 2. The fraction of sp³-hybridized carbons (Fsp3) is 0.476. The SMILES string of the molecule is CCCCOC(=O)C1CCC2OC3=C(OC2C1)C(=O)c1ccccc1C3=O. The smallest absolute Gasteiger partial charge is 0.309 e. The van der Waals surface area contributed by atoms with Gasteiger partial charge in [-0.1, -0.05) is 37.6 Å². The summed E-state index contributed by atoms with van der Waals surface area (Å²) >= 11 is 0. The largest absolute Gasteiger partial charge is 0.479 e. The molecule has 0 spiro atoms. The van der Waals surface area contributed by atoms with E-state index < -0.39 is 6.10 Å². The van der Waals surface area contributed by atoms with Crippen LogP contribution in [0, 0.1) is 5.92 Å². The Morgan fingerprint density at radius 1 is 1.04 bits per heavy atom. The van der Waals surface area contributed by atoms with E-state index in [1.54, 1.807) is 24.3 Å². The van der Waals surface area contributed by atoms with Crippen LogP contribution in [0.3, 0.4) is 0 Å². The Balaban J connectivity index is 1.51. The highest BCUT2D eigenvalue weighted by atomic mass is 16.6. The molecule has 6 heteroatoms. The van der Waals surface area contributed by atoms with Gasteiger partial charge in [0.1, 0.15) is 12.2 Å². The summed E-state index contributed by atoms with van der Waals surface area (Å²) in [4.78, 5) is 37.7. The summed E-state index contributed by atoms with van der Waals surface area (Å²) in [6.45, 7) is 2.47. The highest BCUT2D eigenvalue weighted by Gasteiger charge is 2.46. The van der Waals surface area contributed by atoms with Crippen LogP contribution in [0.1, 0.15) is 59.7 Å². The Morgan fingerprint density at radius 2 is 1.67 bits per heavy atom. The Morgan fingerprint density at radius 3 is 2.30 bits per heavy atom. The van der Waals surface area contributed by atoms with E-state index in [1.807, 2.05) is 6.92 Å². The lowest BCUT2D eigenvalue weighted by molar-refractivity contribution is -0.155. The number of allylic oxidation sites excluding steroid dienone is 2. The highest BCUT2D eigenvalue weighted by molar-refractivity contribution is 6.25. The van der Waals surface area contributed by atoms with E-state index >= 15 is 0 Å². The maximum Gasteiger partial charge on any atom is 0.309 e. The lowest BCUT2D eigenvalue weighted by Crippen LogP contribution is -2.45. The monoisotopic (exact) mass is 370 g/mol. The summed E-state index contributed by atoms with van der Waals surface area (Å²) in [5.74, 6) is -1.17. The third kappa shape index (κ3) is 3.13. The fourth-order valence-electron chi connectivity index (χ4n) is 3.86. The average Bonchev–Trinajstić information content (AvgIpc) is 2.70. The van der Waals surface area contributed by atoms with Crippen molar-refractivity contribution in [2.45, 2.75) is 51.2 Å². The van der Waals surface area contributed by atoms with Gasteiger partial charge in [0, 0.05) is 17.5 Å². The summed E-state index contributed by atoms with van der Waals surface area (Å²) in [5, 5.41) is 0. The summed E-state index contributed by atoms with van der Waals surface area (Å²) in [6, 6.07) is 6.67. The second kappa shape index (κ2) is 7.18. The molecule has 2 aliphatic carbocycles. The summed E-state index contributed by atoms with van der Waals surface area (Å²) in [6.07, 6.45) is 2.68. The molecule has 1 heterocycles. The molecule has 0 N–H and O–H groups in total. The van der Waals surface area contributed by atoms with Crippen molar-refractivity contribution in [2.24, 2.45) is 5.92 Å². The molecule has 0 amide bonds. The number of fused-ring (bicyclic) bond motifs is 2. The predicted octanol–water partition coefficient (Wildman–Crippen LogP) is 3.20. The van der Waals surface area contributed by atoms with E-state index in [0.717, 1.165) is 12.8 Å². The molecule has 0 bridgehead atoms. The van der Waals surface area contributed by atoms with Crippen LogP contribution in [-0.2, 0) is 19.0 Å². The van der Waals surface area contributed by atoms with Crippen LogP contribution in [0.15, 0.2) is 35.8 Å². The van der Waals surface area contributed by atoms with E-state index in [2.05, 4.69) is 0 Å². The number of benzene rings is 1. The molecular weight excluding hydrogens is 348 g/mol. The summed E-state index contributed by atoms with van der Waals surface area (Å²) in [7, 11) is 0.